The Labute approximate surface area is 223 Å². The first-order chi connectivity index (χ1) is 18.1. The minimum Gasteiger partial charge on any atom is -0.480 e. The first kappa shape index (κ1) is 28.7. The molecule has 38 heavy (non-hydrogen) atoms. The van der Waals surface area contributed by atoms with Gasteiger partial charge in [-0.15, -0.1) is 0 Å². The number of para-hydroxylation sites is 1. The summed E-state index contributed by atoms with van der Waals surface area (Å²) in [6, 6.07) is 2.35. The summed E-state index contributed by atoms with van der Waals surface area (Å²) < 4.78 is 0. The molecule has 0 saturated carbocycles. The van der Waals surface area contributed by atoms with E-state index in [9.17, 15) is 29.4 Å². The standard InChI is InChI=1S/C24H31N7O6S/c1-12(32)20(31-21(33)16(25)10-38)23(35)29-18(6-13-8-27-17-5-3-2-4-15(13)17)22(34)30-19(24(36)37)7-14-9-26-11-28-14/h2-5,8-9,11-12,16,18-20,27,32,38H,6-7,10,25H2,1H3,(H,26,28)(H,29,35)(H,30,34)(H,31,33)(H,36,37). The number of rotatable bonds is 13. The molecule has 0 spiro atoms. The van der Waals surface area contributed by atoms with Crippen LogP contribution in [0, 0.1) is 0 Å². The molecule has 0 aliphatic heterocycles. The first-order valence-electron chi connectivity index (χ1n) is 11.8. The number of aliphatic hydroxyl groups excluding tert-OH is 1. The van der Waals surface area contributed by atoms with Crippen LogP contribution in [0.3, 0.4) is 0 Å². The highest BCUT2D eigenvalue weighted by molar-refractivity contribution is 7.80. The maximum Gasteiger partial charge on any atom is 0.326 e. The number of aliphatic carboxylic acids is 1. The van der Waals surface area contributed by atoms with Crippen molar-refractivity contribution in [1.82, 2.24) is 30.9 Å². The predicted molar refractivity (Wildman–Crippen MR) is 141 cm³/mol. The molecule has 0 radical (unpaired) electrons. The molecule has 2 heterocycles. The Morgan fingerprint density at radius 3 is 2.37 bits per heavy atom. The summed E-state index contributed by atoms with van der Waals surface area (Å²) in [5.41, 5.74) is 7.66. The van der Waals surface area contributed by atoms with E-state index in [0.717, 1.165) is 10.9 Å². The summed E-state index contributed by atoms with van der Waals surface area (Å²) in [4.78, 5) is 60.4. The van der Waals surface area contributed by atoms with Gasteiger partial charge in [-0.1, -0.05) is 18.2 Å². The molecule has 9 N–H and O–H groups in total. The molecule has 0 bridgehead atoms. The number of aromatic amines is 2. The average Bonchev–Trinajstić information content (AvgIpc) is 3.55. The molecule has 5 unspecified atom stereocenters. The second kappa shape index (κ2) is 13.1. The fourth-order valence-electron chi connectivity index (χ4n) is 3.83. The van der Waals surface area contributed by atoms with Crippen LogP contribution in [0.15, 0.2) is 43.0 Å². The van der Waals surface area contributed by atoms with Gasteiger partial charge in [0.15, 0.2) is 0 Å². The maximum absolute atomic E-state index is 13.3. The molecule has 0 fully saturated rings. The molecule has 204 valence electrons. The van der Waals surface area contributed by atoms with Gasteiger partial charge in [-0.25, -0.2) is 9.78 Å². The molecule has 1 aromatic carbocycles. The summed E-state index contributed by atoms with van der Waals surface area (Å²) in [5, 5.41) is 28.0. The smallest absolute Gasteiger partial charge is 0.326 e. The number of imidazole rings is 1. The van der Waals surface area contributed by atoms with Crippen LogP contribution < -0.4 is 21.7 Å². The van der Waals surface area contributed by atoms with Crippen LogP contribution in [-0.4, -0.2) is 84.9 Å². The average molecular weight is 546 g/mol. The van der Waals surface area contributed by atoms with E-state index in [1.807, 2.05) is 24.3 Å². The second-order valence-corrected chi connectivity index (χ2v) is 9.19. The Balaban J connectivity index is 1.85. The number of amides is 3. The SMILES string of the molecule is CC(O)C(NC(=O)C(N)CS)C(=O)NC(Cc1c[nH]c2ccccc12)C(=O)NC(Cc1cnc[nH]1)C(=O)O. The Morgan fingerprint density at radius 1 is 1.03 bits per heavy atom. The highest BCUT2D eigenvalue weighted by atomic mass is 32.1. The zero-order valence-corrected chi connectivity index (χ0v) is 21.4. The van der Waals surface area contributed by atoms with Crippen LogP contribution in [0.25, 0.3) is 10.9 Å². The molecule has 3 amide bonds. The van der Waals surface area contributed by atoms with Crippen molar-refractivity contribution in [2.75, 3.05) is 5.75 Å². The molecule has 5 atom stereocenters. The van der Waals surface area contributed by atoms with Gasteiger partial charge in [0.1, 0.15) is 18.1 Å². The number of aromatic nitrogens is 3. The van der Waals surface area contributed by atoms with Crippen LogP contribution in [0.4, 0.5) is 0 Å². The maximum atomic E-state index is 13.3. The van der Waals surface area contributed by atoms with Gasteiger partial charge < -0.3 is 41.9 Å². The van der Waals surface area contributed by atoms with Gasteiger partial charge >= 0.3 is 5.97 Å². The van der Waals surface area contributed by atoms with E-state index in [-0.39, 0.29) is 18.6 Å². The lowest BCUT2D eigenvalue weighted by molar-refractivity contribution is -0.142. The van der Waals surface area contributed by atoms with E-state index in [4.69, 9.17) is 5.73 Å². The lowest BCUT2D eigenvalue weighted by Gasteiger charge is -2.26. The number of carbonyl (C=O) groups excluding carboxylic acids is 3. The lowest BCUT2D eigenvalue weighted by atomic mass is 10.0. The van der Waals surface area contributed by atoms with Crippen LogP contribution >= 0.6 is 12.6 Å². The largest absolute Gasteiger partial charge is 0.480 e. The number of thiol groups is 1. The number of carboxylic acid groups (broad SMARTS) is 1. The highest BCUT2D eigenvalue weighted by Crippen LogP contribution is 2.19. The van der Waals surface area contributed by atoms with E-state index in [1.165, 1.54) is 19.4 Å². The van der Waals surface area contributed by atoms with Gasteiger partial charge in [-0.05, 0) is 18.6 Å². The Bertz CT molecular complexity index is 1260. The highest BCUT2D eigenvalue weighted by Gasteiger charge is 2.33. The summed E-state index contributed by atoms with van der Waals surface area (Å²) in [6.07, 6.45) is 3.13. The Morgan fingerprint density at radius 2 is 1.74 bits per heavy atom. The van der Waals surface area contributed by atoms with E-state index in [1.54, 1.807) is 6.20 Å². The molecular weight excluding hydrogens is 514 g/mol. The van der Waals surface area contributed by atoms with E-state index >= 15 is 0 Å². The molecule has 0 aliphatic rings. The van der Waals surface area contributed by atoms with E-state index in [0.29, 0.717) is 11.3 Å². The number of nitrogens with two attached hydrogens (primary N) is 1. The topological polar surface area (TPSA) is 215 Å². The Kier molecular flexibility index (Phi) is 9.87. The number of hydrogen-bond acceptors (Lipinski definition) is 8. The summed E-state index contributed by atoms with van der Waals surface area (Å²) in [7, 11) is 0. The van der Waals surface area contributed by atoms with E-state index in [2.05, 4.69) is 43.5 Å². The van der Waals surface area contributed by atoms with Crippen molar-refractivity contribution in [3.63, 3.8) is 0 Å². The lowest BCUT2D eigenvalue weighted by Crippen LogP contribution is -2.60. The zero-order valence-electron chi connectivity index (χ0n) is 20.5. The summed E-state index contributed by atoms with van der Waals surface area (Å²) in [5.74, 6) is -3.58. The summed E-state index contributed by atoms with van der Waals surface area (Å²) in [6.45, 7) is 1.30. The third-order valence-corrected chi connectivity index (χ3v) is 6.31. The molecule has 3 rings (SSSR count). The van der Waals surface area contributed by atoms with Gasteiger partial charge in [-0.2, -0.15) is 12.6 Å². The van der Waals surface area contributed by atoms with Crippen molar-refractivity contribution < 1.29 is 29.4 Å². The van der Waals surface area contributed by atoms with Gasteiger partial charge in [0.25, 0.3) is 0 Å². The van der Waals surface area contributed by atoms with Gasteiger partial charge in [-0.3, -0.25) is 14.4 Å². The van der Waals surface area contributed by atoms with Crippen molar-refractivity contribution >= 4 is 47.2 Å². The Hall–Kier alpha value is -3.88. The van der Waals surface area contributed by atoms with Crippen LogP contribution in [0.2, 0.25) is 0 Å². The monoisotopic (exact) mass is 545 g/mol. The number of nitrogens with zero attached hydrogens (tertiary/aromatic N) is 1. The number of benzene rings is 1. The third kappa shape index (κ3) is 7.34. The van der Waals surface area contributed by atoms with Crippen molar-refractivity contribution in [1.29, 1.82) is 0 Å². The van der Waals surface area contributed by atoms with Crippen LogP contribution in [0.5, 0.6) is 0 Å². The number of carbonyl (C=O) groups is 4. The molecule has 13 nitrogen and oxygen atoms in total. The van der Waals surface area contributed by atoms with Crippen molar-refractivity contribution in [2.24, 2.45) is 5.73 Å². The number of carboxylic acids is 1. The zero-order chi connectivity index (χ0) is 27.8. The quantitative estimate of drug-likeness (QED) is 0.119. The van der Waals surface area contributed by atoms with Crippen LogP contribution in [-0.2, 0) is 32.0 Å². The van der Waals surface area contributed by atoms with E-state index < -0.39 is 54.0 Å². The van der Waals surface area contributed by atoms with Crippen molar-refractivity contribution in [3.8, 4) is 0 Å². The minimum atomic E-state index is -1.42. The third-order valence-electron chi connectivity index (χ3n) is 5.92. The number of nitrogens with one attached hydrogen (secondary N) is 5. The summed E-state index contributed by atoms with van der Waals surface area (Å²) >= 11 is 3.96. The molecule has 0 aliphatic carbocycles. The van der Waals surface area contributed by atoms with Crippen LogP contribution in [0.1, 0.15) is 18.2 Å². The molecule has 2 aromatic heterocycles. The number of aliphatic hydroxyl groups is 1. The molecule has 0 saturated heterocycles. The predicted octanol–water partition coefficient (Wildman–Crippen LogP) is -1.15. The minimum absolute atomic E-state index is 0.00534. The van der Waals surface area contributed by atoms with Crippen molar-refractivity contribution in [3.05, 3.63) is 54.2 Å². The van der Waals surface area contributed by atoms with Gasteiger partial charge in [0.05, 0.1) is 18.5 Å². The molecular formula is C24H31N7O6S. The van der Waals surface area contributed by atoms with Crippen molar-refractivity contribution in [2.45, 2.75) is 50.0 Å². The van der Waals surface area contributed by atoms with Gasteiger partial charge in [0, 0.05) is 47.6 Å². The number of hydrogen-bond donors (Lipinski definition) is 9. The fourth-order valence-corrected chi connectivity index (χ4v) is 3.99. The van der Waals surface area contributed by atoms with Gasteiger partial charge in [0.2, 0.25) is 17.7 Å². The molecule has 14 heteroatoms. The normalized spacial score (nSPS) is 15.2. The fraction of sp³-hybridized carbons (Fsp3) is 0.375. The first-order valence-corrected chi connectivity index (χ1v) is 12.4. The second-order valence-electron chi connectivity index (χ2n) is 8.82. The molecule has 3 aromatic rings. The number of fused-ring (bicyclic) bond motifs is 1. The number of H-pyrrole nitrogens is 2.